The molecule has 2 unspecified atom stereocenters. The van der Waals surface area contributed by atoms with Crippen LogP contribution in [0.5, 0.6) is 11.5 Å². The molecule has 0 bridgehead atoms. The van der Waals surface area contributed by atoms with E-state index in [2.05, 4.69) is 30.6 Å². The van der Waals surface area contributed by atoms with Crippen molar-refractivity contribution in [3.05, 3.63) is 131 Å². The Morgan fingerprint density at radius 2 is 0.867 bits per heavy atom. The third-order valence-electron chi connectivity index (χ3n) is 12.6. The molecule has 6 rings (SSSR count). The van der Waals surface area contributed by atoms with Gasteiger partial charge in [-0.05, 0) is 124 Å². The number of para-hydroxylation sites is 2. The van der Waals surface area contributed by atoms with Crippen molar-refractivity contribution in [2.24, 2.45) is 0 Å². The van der Waals surface area contributed by atoms with Gasteiger partial charge in [-0.2, -0.15) is 26.3 Å². The first-order valence-electron chi connectivity index (χ1n) is 24.4. The van der Waals surface area contributed by atoms with Gasteiger partial charge in [-0.25, -0.2) is 19.2 Å². The lowest BCUT2D eigenvalue weighted by Gasteiger charge is -2.39. The molecule has 2 aliphatic rings. The van der Waals surface area contributed by atoms with Gasteiger partial charge in [-0.15, -0.1) is 0 Å². The number of alkyl halides is 6. The topological polar surface area (TPSA) is 197 Å². The average molecular weight is 1060 g/mol. The van der Waals surface area contributed by atoms with E-state index in [0.29, 0.717) is 31.6 Å². The fourth-order valence-corrected chi connectivity index (χ4v) is 8.44. The summed E-state index contributed by atoms with van der Waals surface area (Å²) in [5.41, 5.74) is 2.85. The standard InChI is InChI=1S/C26H33NO4.C25H31NO4.2C2HF3O2/c1-19(21-12-14-22(15-13-21)26(29)30-3)17-25(28)24-11-7-8-16-27(24)20(2)18-31-23-9-5-4-6-10-23;1-18(20-11-13-21(14-12-20)25(28)29)16-24(27)23-10-6-7-15-26(23)19(2)17-30-22-8-4-3-5-9-22;2*3-2(4,5)1(6)7/h4-6,9-10,12-15,19-20,24H,7-8,11,16-18H2,1-3H3;3-5,8-9,11-14,18-19,23H,6-7,10,15-17H2,1-2H3,(H,28,29);2*(H,6,7)/t19-,20?,24-;18-,19?,23-;;/m11../s1. The summed E-state index contributed by atoms with van der Waals surface area (Å²) in [4.78, 5) is 71.5. The monoisotopic (exact) mass is 1060 g/mol. The number of Topliss-reactive ketones (excluding diaryl/α,β-unsaturated/α-hetero) is 2. The van der Waals surface area contributed by atoms with Crippen LogP contribution in [0, 0.1) is 0 Å². The highest BCUT2D eigenvalue weighted by Crippen LogP contribution is 2.29. The second-order valence-electron chi connectivity index (χ2n) is 18.2. The fraction of sp³-hybridized carbons (Fsp3) is 0.455. The average Bonchev–Trinajstić information content (AvgIpc) is 3.39. The van der Waals surface area contributed by atoms with Crippen molar-refractivity contribution in [1.29, 1.82) is 0 Å². The summed E-state index contributed by atoms with van der Waals surface area (Å²) >= 11 is 0. The molecule has 0 aromatic heterocycles. The minimum absolute atomic E-state index is 0.0556. The molecule has 0 spiro atoms. The number of likely N-dealkylation sites (tertiary alicyclic amines) is 2. The highest BCUT2D eigenvalue weighted by molar-refractivity contribution is 5.89. The Kier molecular flexibility index (Phi) is 25.4. The number of rotatable bonds is 18. The number of aliphatic carboxylic acids is 2. The second-order valence-corrected chi connectivity index (χ2v) is 18.2. The Morgan fingerprint density at radius 1 is 0.533 bits per heavy atom. The number of hydrogen-bond donors (Lipinski definition) is 3. The van der Waals surface area contributed by atoms with E-state index in [4.69, 9.17) is 39.1 Å². The Hall–Kier alpha value is -6.80. The number of halogens is 6. The van der Waals surface area contributed by atoms with Gasteiger partial charge in [-0.3, -0.25) is 19.4 Å². The molecule has 0 saturated carbocycles. The lowest BCUT2D eigenvalue weighted by molar-refractivity contribution is -0.193. The summed E-state index contributed by atoms with van der Waals surface area (Å²) in [6.45, 7) is 11.3. The molecule has 0 radical (unpaired) electrons. The molecular weight excluding hydrogens is 995 g/mol. The van der Waals surface area contributed by atoms with E-state index in [0.717, 1.165) is 74.2 Å². The minimum atomic E-state index is -5.08. The van der Waals surface area contributed by atoms with Gasteiger partial charge >= 0.3 is 36.2 Å². The number of carboxylic acid groups (broad SMARTS) is 3. The van der Waals surface area contributed by atoms with Crippen molar-refractivity contribution in [1.82, 2.24) is 9.80 Å². The predicted molar refractivity (Wildman–Crippen MR) is 266 cm³/mol. The lowest BCUT2D eigenvalue weighted by atomic mass is 9.88. The Balaban J connectivity index is 0.000000315. The number of methoxy groups -OCH3 is 1. The summed E-state index contributed by atoms with van der Waals surface area (Å²) in [5.74, 6) is -4.39. The first-order chi connectivity index (χ1) is 35.3. The van der Waals surface area contributed by atoms with Gasteiger partial charge in [0.1, 0.15) is 24.7 Å². The first kappa shape index (κ1) is 62.5. The van der Waals surface area contributed by atoms with Crippen molar-refractivity contribution in [3.63, 3.8) is 0 Å². The molecular formula is C55H66F6N2O12. The number of ketones is 2. The Labute approximate surface area is 432 Å². The summed E-state index contributed by atoms with van der Waals surface area (Å²) in [5, 5.41) is 23.3. The molecule has 410 valence electrons. The third-order valence-corrected chi connectivity index (χ3v) is 12.6. The molecule has 20 heteroatoms. The number of ether oxygens (including phenoxy) is 3. The highest BCUT2D eigenvalue weighted by atomic mass is 19.4. The number of esters is 1. The third kappa shape index (κ3) is 21.5. The largest absolute Gasteiger partial charge is 0.492 e. The Bertz CT molecular complexity index is 2380. The number of aromatic carboxylic acids is 1. The molecule has 2 aliphatic heterocycles. The number of benzene rings is 4. The molecule has 0 amide bonds. The molecule has 4 aromatic carbocycles. The molecule has 75 heavy (non-hydrogen) atoms. The summed E-state index contributed by atoms with van der Waals surface area (Å²) in [7, 11) is 1.37. The first-order valence-corrected chi connectivity index (χ1v) is 24.4. The van der Waals surface area contributed by atoms with Crippen molar-refractivity contribution in [3.8, 4) is 11.5 Å². The number of carboxylic acids is 3. The zero-order valence-corrected chi connectivity index (χ0v) is 42.5. The molecule has 6 atom stereocenters. The molecule has 2 saturated heterocycles. The van der Waals surface area contributed by atoms with Crippen LogP contribution in [0.2, 0.25) is 0 Å². The van der Waals surface area contributed by atoms with Gasteiger partial charge in [0, 0.05) is 24.9 Å². The van der Waals surface area contributed by atoms with Crippen molar-refractivity contribution in [2.75, 3.05) is 33.4 Å². The van der Waals surface area contributed by atoms with Gasteiger partial charge in [0.25, 0.3) is 0 Å². The number of nitrogens with zero attached hydrogens (tertiary/aromatic N) is 2. The normalized spacial score (nSPS) is 17.5. The molecule has 2 fully saturated rings. The zero-order valence-electron chi connectivity index (χ0n) is 42.5. The SMILES string of the molecule is CC(COc1ccccc1)N1CCCC[C@@H]1C(=O)C[C@@H](C)c1ccc(C(=O)O)cc1.COC(=O)c1ccc([C@H](C)CC(=O)[C@H]2CCCCN2C(C)COc2ccccc2)cc1.O=C(O)C(F)(F)F.O=C(O)C(F)(F)F. The van der Waals surface area contributed by atoms with E-state index in [1.165, 1.54) is 7.11 Å². The van der Waals surface area contributed by atoms with E-state index in [-0.39, 0.29) is 59.1 Å². The summed E-state index contributed by atoms with van der Waals surface area (Å²) in [6, 6.07) is 34.0. The molecule has 4 aromatic rings. The molecule has 14 nitrogen and oxygen atoms in total. The van der Waals surface area contributed by atoms with Gasteiger partial charge in [0.2, 0.25) is 0 Å². The highest BCUT2D eigenvalue weighted by Gasteiger charge is 2.39. The number of carbonyl (C=O) groups is 6. The maximum atomic E-state index is 13.2. The van der Waals surface area contributed by atoms with Gasteiger partial charge in [-0.1, -0.05) is 87.4 Å². The summed E-state index contributed by atoms with van der Waals surface area (Å²) < 4.78 is 80.1. The van der Waals surface area contributed by atoms with E-state index in [1.807, 2.05) is 91.9 Å². The predicted octanol–water partition coefficient (Wildman–Crippen LogP) is 10.9. The fourth-order valence-electron chi connectivity index (χ4n) is 8.44. The quantitative estimate of drug-likeness (QED) is 0.0628. The van der Waals surface area contributed by atoms with Crippen LogP contribution in [0.15, 0.2) is 109 Å². The second kappa shape index (κ2) is 30.5. The van der Waals surface area contributed by atoms with Crippen LogP contribution in [-0.4, -0.2) is 130 Å². The van der Waals surface area contributed by atoms with Crippen LogP contribution in [0.4, 0.5) is 26.3 Å². The molecule has 3 N–H and O–H groups in total. The van der Waals surface area contributed by atoms with Crippen LogP contribution in [0.25, 0.3) is 0 Å². The summed E-state index contributed by atoms with van der Waals surface area (Å²) in [6.07, 6.45) is -3.05. The molecule has 2 heterocycles. The number of hydrogen-bond acceptors (Lipinski definition) is 11. The van der Waals surface area contributed by atoms with Crippen molar-refractivity contribution >= 4 is 35.4 Å². The van der Waals surface area contributed by atoms with Gasteiger partial charge in [0.15, 0.2) is 11.6 Å². The van der Waals surface area contributed by atoms with Crippen LogP contribution in [-0.2, 0) is 23.9 Å². The smallest absolute Gasteiger partial charge is 0.490 e. The van der Waals surface area contributed by atoms with E-state index in [1.54, 1.807) is 24.3 Å². The van der Waals surface area contributed by atoms with Crippen LogP contribution >= 0.6 is 0 Å². The zero-order chi connectivity index (χ0) is 55.9. The number of piperidine rings is 2. The minimum Gasteiger partial charge on any atom is -0.492 e. The van der Waals surface area contributed by atoms with Crippen molar-refractivity contribution < 1.29 is 84.6 Å². The maximum Gasteiger partial charge on any atom is 0.490 e. The Morgan fingerprint density at radius 3 is 1.17 bits per heavy atom. The van der Waals surface area contributed by atoms with E-state index < -0.39 is 30.3 Å². The van der Waals surface area contributed by atoms with E-state index in [9.17, 15) is 45.5 Å². The maximum absolute atomic E-state index is 13.2. The lowest BCUT2D eigenvalue weighted by Crippen LogP contribution is -2.51. The van der Waals surface area contributed by atoms with Crippen molar-refractivity contribution in [2.45, 2.75) is 127 Å². The van der Waals surface area contributed by atoms with Gasteiger partial charge < -0.3 is 29.5 Å². The van der Waals surface area contributed by atoms with Crippen LogP contribution in [0.3, 0.4) is 0 Å². The van der Waals surface area contributed by atoms with Crippen LogP contribution < -0.4 is 9.47 Å². The molecule has 0 aliphatic carbocycles. The van der Waals surface area contributed by atoms with Gasteiger partial charge in [0.05, 0.1) is 30.3 Å². The van der Waals surface area contributed by atoms with E-state index >= 15 is 0 Å². The van der Waals surface area contributed by atoms with Crippen LogP contribution in [0.1, 0.15) is 123 Å². The number of carbonyl (C=O) groups excluding carboxylic acids is 3.